The van der Waals surface area contributed by atoms with E-state index < -0.39 is 36.4 Å². The number of hydrogen-bond acceptors (Lipinski definition) is 8. The van der Waals surface area contributed by atoms with Gasteiger partial charge < -0.3 is 46.3 Å². The lowest BCUT2D eigenvalue weighted by atomic mass is 9.70. The Morgan fingerprint density at radius 3 is 2.48 bits per heavy atom. The molecule has 4 aliphatic rings. The number of aromatic nitrogens is 1. The summed E-state index contributed by atoms with van der Waals surface area (Å²) >= 11 is 0. The Morgan fingerprint density at radius 2 is 1.70 bits per heavy atom. The van der Waals surface area contributed by atoms with Crippen molar-refractivity contribution in [2.24, 2.45) is 41.2 Å². The number of nitrogens with two attached hydrogens (primary N) is 1. The van der Waals surface area contributed by atoms with Gasteiger partial charge in [0.2, 0.25) is 0 Å². The van der Waals surface area contributed by atoms with Crippen LogP contribution in [0.3, 0.4) is 0 Å². The Bertz CT molecular complexity index is 1900. The Morgan fingerprint density at radius 1 is 0.875 bits per heavy atom. The topological polar surface area (TPSA) is 164 Å². The molecule has 3 aromatic rings. The normalized spacial score (nSPS) is 31.9. The maximum absolute atomic E-state index is 11.8. The number of nitrogens with one attached hydrogen (secondary N) is 2. The summed E-state index contributed by atoms with van der Waals surface area (Å²) in [4.78, 5) is 3.31. The van der Waals surface area contributed by atoms with Crippen molar-refractivity contribution >= 4 is 0 Å². The van der Waals surface area contributed by atoms with Crippen LogP contribution >= 0.6 is 0 Å². The minimum Gasteiger partial charge on any atom is -0.504 e. The van der Waals surface area contributed by atoms with Gasteiger partial charge in [-0.1, -0.05) is 86.2 Å². The fraction of sp³-hybridized carbons (Fsp3) is 0.489. The molecule has 0 bridgehead atoms. The Labute approximate surface area is 331 Å². The van der Waals surface area contributed by atoms with Crippen molar-refractivity contribution in [3.8, 4) is 23.3 Å². The molecule has 9 N–H and O–H groups in total. The number of aliphatic hydroxyl groups is 4. The molecule has 1 fully saturated rings. The van der Waals surface area contributed by atoms with E-state index in [2.05, 4.69) is 71.6 Å². The number of allylic oxidation sites excluding steroid dienone is 4. The molecule has 56 heavy (non-hydrogen) atoms. The second kappa shape index (κ2) is 18.2. The zero-order chi connectivity index (χ0) is 39.2. The van der Waals surface area contributed by atoms with Crippen molar-refractivity contribution in [1.82, 2.24) is 10.3 Å². The van der Waals surface area contributed by atoms with E-state index in [9.17, 15) is 25.5 Å². The molecule has 1 saturated carbocycles. The van der Waals surface area contributed by atoms with Crippen molar-refractivity contribution in [1.29, 1.82) is 0 Å². The zero-order valence-electron chi connectivity index (χ0n) is 32.4. The van der Waals surface area contributed by atoms with E-state index in [1.165, 1.54) is 5.56 Å². The molecule has 298 valence electrons. The van der Waals surface area contributed by atoms with E-state index >= 15 is 0 Å². The average Bonchev–Trinajstić information content (AvgIpc) is 3.65. The quantitative estimate of drug-likeness (QED) is 0.0942. The highest BCUT2D eigenvalue weighted by atomic mass is 16.5. The highest BCUT2D eigenvalue weighted by molar-refractivity contribution is 5.45. The molecule has 12 unspecified atom stereocenters. The van der Waals surface area contributed by atoms with Crippen LogP contribution in [0.1, 0.15) is 74.6 Å². The summed E-state index contributed by atoms with van der Waals surface area (Å²) in [5, 5.41) is 60.0. The zero-order valence-corrected chi connectivity index (χ0v) is 32.4. The van der Waals surface area contributed by atoms with Gasteiger partial charge >= 0.3 is 0 Å². The third-order valence-corrected chi connectivity index (χ3v) is 12.8. The SMILES string of the molecule is CC(Cc1ccccc1)C1C#CC2C=CC(c3ccc(O)c(OC4C(O)C(O)CCC4C(Cc4ccc[nH]4)C4=CCNC(N)=C4)c3)CC(O)C2C(O)CCCC1. The van der Waals surface area contributed by atoms with Crippen LogP contribution in [0.25, 0.3) is 0 Å². The number of phenols is 1. The third kappa shape index (κ3) is 9.38. The number of phenolic OH excluding ortho intramolecular Hbond substituents is 1. The maximum Gasteiger partial charge on any atom is 0.161 e. The maximum atomic E-state index is 11.8. The average molecular weight is 762 g/mol. The first kappa shape index (κ1) is 39.8. The van der Waals surface area contributed by atoms with Crippen LogP contribution in [0.4, 0.5) is 0 Å². The standard InChI is InChI=1S/C47H59N3O6/c1-29(24-30-8-3-2-4-9-30)31-10-5-6-12-40(52)45-32(14-13-31)15-16-33(25-42(45)54)34-17-19-39(51)43(26-34)56-47-37(18-20-41(53)46(47)55)38(28-36-11-7-22-49-36)35-21-23-50-44(48)27-35/h2-4,7-9,11,15-17,19,21-22,26-27,29,31-33,37-38,40-42,45-47,49-55H,5-6,10,12,18,20,23-25,28,48H2,1H3. The van der Waals surface area contributed by atoms with Gasteiger partial charge in [0.05, 0.1) is 24.1 Å². The lowest BCUT2D eigenvalue weighted by molar-refractivity contribution is -0.108. The minimum absolute atomic E-state index is 0.0739. The largest absolute Gasteiger partial charge is 0.504 e. The Hall–Kier alpha value is -4.46. The lowest BCUT2D eigenvalue weighted by Gasteiger charge is -2.42. The number of benzene rings is 2. The van der Waals surface area contributed by atoms with Crippen molar-refractivity contribution in [2.45, 2.75) is 101 Å². The lowest BCUT2D eigenvalue weighted by Crippen LogP contribution is -2.52. The van der Waals surface area contributed by atoms with Gasteiger partial charge in [0.15, 0.2) is 11.5 Å². The van der Waals surface area contributed by atoms with Crippen LogP contribution in [-0.2, 0) is 12.8 Å². The molecule has 0 amide bonds. The van der Waals surface area contributed by atoms with Crippen LogP contribution in [0.2, 0.25) is 0 Å². The number of dihydropyridines is 1. The number of aromatic amines is 1. The number of H-pyrrole nitrogens is 1. The summed E-state index contributed by atoms with van der Waals surface area (Å²) in [6.07, 6.45) is 12.0. The molecule has 0 spiro atoms. The molecule has 3 aliphatic carbocycles. The highest BCUT2D eigenvalue weighted by Gasteiger charge is 2.44. The van der Waals surface area contributed by atoms with Gasteiger partial charge in [0, 0.05) is 48.0 Å². The van der Waals surface area contributed by atoms with Crippen molar-refractivity contribution in [2.75, 3.05) is 6.54 Å². The van der Waals surface area contributed by atoms with E-state index in [0.29, 0.717) is 50.4 Å². The fourth-order valence-corrected chi connectivity index (χ4v) is 9.59. The van der Waals surface area contributed by atoms with Crippen LogP contribution < -0.4 is 15.8 Å². The predicted molar refractivity (Wildman–Crippen MR) is 218 cm³/mol. The number of aliphatic hydroxyl groups excluding tert-OH is 4. The van der Waals surface area contributed by atoms with Crippen LogP contribution in [0.5, 0.6) is 11.5 Å². The molecular formula is C47H59N3O6. The number of fused-ring (bicyclic) bond motifs is 1. The van der Waals surface area contributed by atoms with Gasteiger partial charge in [0.25, 0.3) is 0 Å². The van der Waals surface area contributed by atoms with E-state index in [4.69, 9.17) is 10.5 Å². The molecule has 2 heterocycles. The van der Waals surface area contributed by atoms with Gasteiger partial charge in [-0.2, -0.15) is 0 Å². The first-order valence-electron chi connectivity index (χ1n) is 20.6. The molecule has 9 heteroatoms. The number of ether oxygens (including phenoxy) is 1. The molecule has 0 saturated heterocycles. The number of aromatic hydroxyl groups is 1. The number of rotatable bonds is 10. The predicted octanol–water partition coefficient (Wildman–Crippen LogP) is 5.86. The summed E-state index contributed by atoms with van der Waals surface area (Å²) in [7, 11) is 0. The third-order valence-electron chi connectivity index (χ3n) is 12.8. The summed E-state index contributed by atoms with van der Waals surface area (Å²) < 4.78 is 6.62. The van der Waals surface area contributed by atoms with Crippen LogP contribution in [0.15, 0.2) is 103 Å². The molecule has 2 aromatic carbocycles. The first-order chi connectivity index (χ1) is 27.1. The van der Waals surface area contributed by atoms with Crippen molar-refractivity contribution < 1.29 is 30.3 Å². The van der Waals surface area contributed by atoms with Crippen molar-refractivity contribution in [3.63, 3.8) is 0 Å². The molecule has 1 aromatic heterocycles. The first-order valence-corrected chi connectivity index (χ1v) is 20.6. The Balaban J connectivity index is 1.15. The van der Waals surface area contributed by atoms with E-state index in [1.807, 2.05) is 36.5 Å². The fourth-order valence-electron chi connectivity index (χ4n) is 9.59. The number of hydrogen-bond donors (Lipinski definition) is 8. The highest BCUT2D eigenvalue weighted by Crippen LogP contribution is 2.43. The second-order valence-corrected chi connectivity index (χ2v) is 16.6. The van der Waals surface area contributed by atoms with Crippen LogP contribution in [0, 0.1) is 47.3 Å². The summed E-state index contributed by atoms with van der Waals surface area (Å²) in [5.41, 5.74) is 10.4. The van der Waals surface area contributed by atoms with Crippen LogP contribution in [-0.4, -0.2) is 67.6 Å². The summed E-state index contributed by atoms with van der Waals surface area (Å²) in [6.45, 7) is 2.86. The van der Waals surface area contributed by atoms with Gasteiger partial charge in [-0.25, -0.2) is 0 Å². The molecule has 9 nitrogen and oxygen atoms in total. The van der Waals surface area contributed by atoms with E-state index in [-0.39, 0.29) is 41.1 Å². The van der Waals surface area contributed by atoms with Crippen molar-refractivity contribution in [3.05, 3.63) is 119 Å². The minimum atomic E-state index is -1.19. The summed E-state index contributed by atoms with van der Waals surface area (Å²) in [5.74, 6) is 7.15. The monoisotopic (exact) mass is 761 g/mol. The second-order valence-electron chi connectivity index (χ2n) is 16.6. The van der Waals surface area contributed by atoms with E-state index in [0.717, 1.165) is 42.5 Å². The van der Waals surface area contributed by atoms with Gasteiger partial charge in [-0.3, -0.25) is 0 Å². The Kier molecular flexibility index (Phi) is 12.9. The van der Waals surface area contributed by atoms with Gasteiger partial charge in [-0.15, -0.1) is 0 Å². The van der Waals surface area contributed by atoms with Gasteiger partial charge in [0.1, 0.15) is 12.2 Å². The molecule has 12 atom stereocenters. The van der Waals surface area contributed by atoms with Gasteiger partial charge in [-0.05, 0) is 104 Å². The summed E-state index contributed by atoms with van der Waals surface area (Å²) in [6, 6.07) is 19.7. The molecule has 1 aliphatic heterocycles. The molecular weight excluding hydrogens is 703 g/mol. The van der Waals surface area contributed by atoms with E-state index in [1.54, 1.807) is 12.1 Å². The molecule has 7 rings (SSSR count). The smallest absolute Gasteiger partial charge is 0.161 e. The molecule has 0 radical (unpaired) electrons.